The number of aliphatic carboxylic acids is 1. The number of hydrogen-bond acceptors (Lipinski definition) is 5. The van der Waals surface area contributed by atoms with E-state index in [1.807, 2.05) is 0 Å². The Morgan fingerprint density at radius 2 is 2.05 bits per heavy atom. The third kappa shape index (κ3) is 1.85. The summed E-state index contributed by atoms with van der Waals surface area (Å²) in [6, 6.07) is 2.60. The first-order valence-electron chi connectivity index (χ1n) is 5.97. The Bertz CT molecular complexity index is 645. The zero-order valence-electron chi connectivity index (χ0n) is 10.4. The molecule has 3 rings (SSSR count). The van der Waals surface area contributed by atoms with Crippen LogP contribution in [0.2, 0.25) is 0 Å². The first kappa shape index (κ1) is 12.4. The van der Waals surface area contributed by atoms with Gasteiger partial charge >= 0.3 is 5.97 Å². The Hall–Kier alpha value is -2.63. The van der Waals surface area contributed by atoms with Gasteiger partial charge in [0.1, 0.15) is 23.4 Å². The number of hydrogen-bond donors (Lipinski definition) is 3. The summed E-state index contributed by atoms with van der Waals surface area (Å²) in [6.45, 7) is 3.78. The lowest BCUT2D eigenvalue weighted by Gasteiger charge is -2.37. The van der Waals surface area contributed by atoms with E-state index in [1.165, 1.54) is 18.2 Å². The van der Waals surface area contributed by atoms with Crippen molar-refractivity contribution in [2.24, 2.45) is 0 Å². The summed E-state index contributed by atoms with van der Waals surface area (Å²) in [6.07, 6.45) is 0.487. The average molecular weight is 276 g/mol. The van der Waals surface area contributed by atoms with Crippen molar-refractivity contribution >= 4 is 5.97 Å². The highest BCUT2D eigenvalue weighted by Crippen LogP contribution is 2.41. The van der Waals surface area contributed by atoms with Crippen LogP contribution in [0.4, 0.5) is 0 Å². The Morgan fingerprint density at radius 1 is 1.30 bits per heavy atom. The monoisotopic (exact) mass is 276 g/mol. The van der Waals surface area contributed by atoms with Gasteiger partial charge < -0.3 is 24.8 Å². The maximum Gasteiger partial charge on any atom is 0.371 e. The molecule has 0 aromatic heterocycles. The van der Waals surface area contributed by atoms with Gasteiger partial charge in [-0.1, -0.05) is 6.58 Å². The molecule has 2 atom stereocenters. The van der Waals surface area contributed by atoms with E-state index in [2.05, 4.69) is 6.58 Å². The second kappa shape index (κ2) is 4.19. The third-order valence-electron chi connectivity index (χ3n) is 3.34. The summed E-state index contributed by atoms with van der Waals surface area (Å²) in [7, 11) is 0. The molecule has 2 aliphatic heterocycles. The highest BCUT2D eigenvalue weighted by molar-refractivity contribution is 5.85. The molecular formula is C14H12O6. The second-order valence-electron chi connectivity index (χ2n) is 4.73. The van der Waals surface area contributed by atoms with Gasteiger partial charge in [-0.05, 0) is 11.6 Å². The highest BCUT2D eigenvalue weighted by atomic mass is 16.6. The van der Waals surface area contributed by atoms with E-state index in [1.54, 1.807) is 0 Å². The molecule has 0 amide bonds. The highest BCUT2D eigenvalue weighted by Gasteiger charge is 2.39. The van der Waals surface area contributed by atoms with Crippen LogP contribution in [-0.2, 0) is 16.0 Å². The lowest BCUT2D eigenvalue weighted by molar-refractivity contribution is -0.139. The minimum absolute atomic E-state index is 0.108. The van der Waals surface area contributed by atoms with Gasteiger partial charge in [-0.15, -0.1) is 0 Å². The maximum atomic E-state index is 11.0. The standard InChI is InChI=1S/C14H12O6/c1-6-2-12(14(17)18)19-11-5-8-9(16)3-7(15)4-10(8)20-13(6)11/h2-4,11,13,15-16H,1,5H2,(H,17,18)/t11-,13?/m1/s1. The SMILES string of the molecule is C=C1C=C(C(=O)O)O[C@@H]2Cc3c(O)cc(O)cc3OC12. The van der Waals surface area contributed by atoms with Crippen molar-refractivity contribution in [1.29, 1.82) is 0 Å². The summed E-state index contributed by atoms with van der Waals surface area (Å²) in [5.74, 6) is -1.24. The summed E-state index contributed by atoms with van der Waals surface area (Å²) >= 11 is 0. The zero-order chi connectivity index (χ0) is 14.4. The fraction of sp³-hybridized carbons (Fsp3) is 0.214. The molecule has 0 spiro atoms. The van der Waals surface area contributed by atoms with Crippen LogP contribution < -0.4 is 4.74 Å². The van der Waals surface area contributed by atoms with Crippen molar-refractivity contribution in [1.82, 2.24) is 0 Å². The van der Waals surface area contributed by atoms with E-state index in [4.69, 9.17) is 14.6 Å². The van der Waals surface area contributed by atoms with Gasteiger partial charge in [0.2, 0.25) is 5.76 Å². The molecule has 20 heavy (non-hydrogen) atoms. The summed E-state index contributed by atoms with van der Waals surface area (Å²) in [4.78, 5) is 11.0. The normalized spacial score (nSPS) is 23.8. The molecule has 2 heterocycles. The Balaban J connectivity index is 1.99. The van der Waals surface area contributed by atoms with Gasteiger partial charge in [0.05, 0.1) is 0 Å². The van der Waals surface area contributed by atoms with Crippen LogP contribution >= 0.6 is 0 Å². The van der Waals surface area contributed by atoms with Crippen molar-refractivity contribution in [3.8, 4) is 17.2 Å². The van der Waals surface area contributed by atoms with Crippen LogP contribution in [0, 0.1) is 0 Å². The summed E-state index contributed by atoms with van der Waals surface area (Å²) in [5, 5.41) is 28.3. The first-order valence-corrected chi connectivity index (χ1v) is 5.97. The van der Waals surface area contributed by atoms with Crippen molar-refractivity contribution < 1.29 is 29.6 Å². The summed E-state index contributed by atoms with van der Waals surface area (Å²) < 4.78 is 11.0. The zero-order valence-corrected chi connectivity index (χ0v) is 10.4. The van der Waals surface area contributed by atoms with Gasteiger partial charge in [-0.25, -0.2) is 4.79 Å². The lowest BCUT2D eigenvalue weighted by atomic mass is 9.92. The number of carboxylic acid groups (broad SMARTS) is 1. The van der Waals surface area contributed by atoms with Crippen molar-refractivity contribution in [2.75, 3.05) is 0 Å². The number of benzene rings is 1. The molecule has 0 bridgehead atoms. The van der Waals surface area contributed by atoms with Crippen molar-refractivity contribution in [2.45, 2.75) is 18.6 Å². The molecule has 1 aromatic rings. The van der Waals surface area contributed by atoms with Crippen LogP contribution in [0.25, 0.3) is 0 Å². The molecule has 2 aliphatic rings. The molecule has 0 saturated heterocycles. The molecule has 6 heteroatoms. The number of carbonyl (C=O) groups is 1. The molecule has 1 aromatic carbocycles. The number of phenols is 2. The number of carboxylic acids is 1. The smallest absolute Gasteiger partial charge is 0.371 e. The Labute approximate surface area is 114 Å². The van der Waals surface area contributed by atoms with Crippen LogP contribution in [0.1, 0.15) is 5.56 Å². The number of fused-ring (bicyclic) bond motifs is 2. The molecule has 0 radical (unpaired) electrons. The molecule has 0 aliphatic carbocycles. The van der Waals surface area contributed by atoms with Crippen LogP contribution in [0.3, 0.4) is 0 Å². The van der Waals surface area contributed by atoms with Gasteiger partial charge in [-0.3, -0.25) is 0 Å². The largest absolute Gasteiger partial charge is 0.508 e. The van der Waals surface area contributed by atoms with E-state index in [0.717, 1.165) is 0 Å². The van der Waals surface area contributed by atoms with Crippen LogP contribution in [0.5, 0.6) is 17.2 Å². The summed E-state index contributed by atoms with van der Waals surface area (Å²) in [5.41, 5.74) is 0.954. The molecule has 6 nitrogen and oxygen atoms in total. The first-order chi connectivity index (χ1) is 9.45. The predicted octanol–water partition coefficient (Wildman–Crippen LogP) is 1.32. The van der Waals surface area contributed by atoms with Gasteiger partial charge in [0.15, 0.2) is 6.10 Å². The molecule has 104 valence electrons. The molecular weight excluding hydrogens is 264 g/mol. The Morgan fingerprint density at radius 3 is 2.75 bits per heavy atom. The lowest BCUT2D eigenvalue weighted by Crippen LogP contribution is -2.43. The minimum atomic E-state index is -1.18. The van der Waals surface area contributed by atoms with Crippen molar-refractivity contribution in [3.63, 3.8) is 0 Å². The van der Waals surface area contributed by atoms with E-state index >= 15 is 0 Å². The van der Waals surface area contributed by atoms with E-state index in [9.17, 15) is 15.0 Å². The molecule has 3 N–H and O–H groups in total. The number of aromatic hydroxyl groups is 2. The third-order valence-corrected chi connectivity index (χ3v) is 3.34. The molecule has 1 unspecified atom stereocenters. The number of rotatable bonds is 1. The minimum Gasteiger partial charge on any atom is -0.508 e. The predicted molar refractivity (Wildman–Crippen MR) is 67.6 cm³/mol. The number of ether oxygens (including phenoxy) is 2. The van der Waals surface area contributed by atoms with E-state index < -0.39 is 18.2 Å². The molecule has 0 fully saturated rings. The maximum absolute atomic E-state index is 11.0. The van der Waals surface area contributed by atoms with E-state index in [0.29, 0.717) is 16.9 Å². The topological polar surface area (TPSA) is 96.2 Å². The van der Waals surface area contributed by atoms with E-state index in [-0.39, 0.29) is 23.7 Å². The average Bonchev–Trinajstić information content (AvgIpc) is 2.37. The second-order valence-corrected chi connectivity index (χ2v) is 4.73. The van der Waals surface area contributed by atoms with Crippen LogP contribution in [-0.4, -0.2) is 33.5 Å². The quantitative estimate of drug-likeness (QED) is 0.716. The fourth-order valence-electron chi connectivity index (χ4n) is 2.43. The Kier molecular flexibility index (Phi) is 2.60. The van der Waals surface area contributed by atoms with Gasteiger partial charge in [-0.2, -0.15) is 0 Å². The van der Waals surface area contributed by atoms with Gasteiger partial charge in [0.25, 0.3) is 0 Å². The fourth-order valence-corrected chi connectivity index (χ4v) is 2.43. The van der Waals surface area contributed by atoms with Crippen LogP contribution in [0.15, 0.2) is 36.1 Å². The van der Waals surface area contributed by atoms with Gasteiger partial charge in [0, 0.05) is 24.1 Å². The molecule has 0 saturated carbocycles. The number of phenolic OH excluding ortho intramolecular Hbond substituents is 2. The van der Waals surface area contributed by atoms with Crippen molar-refractivity contribution in [3.05, 3.63) is 41.7 Å².